The van der Waals surface area contributed by atoms with Crippen LogP contribution in [0.1, 0.15) is 0 Å². The van der Waals surface area contributed by atoms with Gasteiger partial charge < -0.3 is 24.6 Å². The van der Waals surface area contributed by atoms with Gasteiger partial charge in [-0.15, -0.1) is 0 Å². The standard InChI is InChI=1S/C17H17NO4/c19-14-10-21-9-13(17(14)20)18-11-5-1-3-7-15(11)22-16-8-4-2-6-12(16)18/h1-8,13-14,17,19-20H,9-10H2/t13-,14-,17+/m0/s1. The maximum atomic E-state index is 10.4. The van der Waals surface area contributed by atoms with Gasteiger partial charge in [-0.3, -0.25) is 0 Å². The molecule has 0 aliphatic carbocycles. The number of nitrogens with zero attached hydrogens (tertiary/aromatic N) is 1. The van der Waals surface area contributed by atoms with Crippen LogP contribution in [-0.4, -0.2) is 41.7 Å². The Morgan fingerprint density at radius 1 is 0.864 bits per heavy atom. The number of para-hydroxylation sites is 4. The topological polar surface area (TPSA) is 62.2 Å². The van der Waals surface area contributed by atoms with Crippen molar-refractivity contribution in [2.24, 2.45) is 0 Å². The molecule has 0 spiro atoms. The van der Waals surface area contributed by atoms with E-state index in [-0.39, 0.29) is 12.6 Å². The van der Waals surface area contributed by atoms with Gasteiger partial charge in [0.1, 0.15) is 12.2 Å². The van der Waals surface area contributed by atoms with Crippen molar-refractivity contribution in [1.29, 1.82) is 0 Å². The normalized spacial score (nSPS) is 26.8. The summed E-state index contributed by atoms with van der Waals surface area (Å²) in [6, 6.07) is 15.0. The van der Waals surface area contributed by atoms with Crippen molar-refractivity contribution < 1.29 is 19.7 Å². The molecule has 2 heterocycles. The van der Waals surface area contributed by atoms with Crippen LogP contribution in [0.5, 0.6) is 11.5 Å². The summed E-state index contributed by atoms with van der Waals surface area (Å²) in [5.41, 5.74) is 1.73. The van der Waals surface area contributed by atoms with E-state index < -0.39 is 12.2 Å². The van der Waals surface area contributed by atoms with Gasteiger partial charge in [0.05, 0.1) is 30.6 Å². The Labute approximate surface area is 128 Å². The van der Waals surface area contributed by atoms with E-state index in [1.165, 1.54) is 0 Å². The van der Waals surface area contributed by atoms with Crippen LogP contribution < -0.4 is 9.64 Å². The largest absolute Gasteiger partial charge is 0.453 e. The zero-order valence-electron chi connectivity index (χ0n) is 11.9. The van der Waals surface area contributed by atoms with E-state index in [1.54, 1.807) is 0 Å². The van der Waals surface area contributed by atoms with Gasteiger partial charge >= 0.3 is 0 Å². The molecule has 1 saturated heterocycles. The summed E-state index contributed by atoms with van der Waals surface area (Å²) in [6.45, 7) is 0.506. The summed E-state index contributed by atoms with van der Waals surface area (Å²) >= 11 is 0. The van der Waals surface area contributed by atoms with Crippen LogP contribution in [-0.2, 0) is 4.74 Å². The molecule has 0 aromatic heterocycles. The lowest BCUT2D eigenvalue weighted by atomic mass is 9.99. The SMILES string of the molecule is O[C@H]1[C@@H](O)COC[C@@H]1N1c2ccccc2Oc2ccccc21. The van der Waals surface area contributed by atoms with Crippen molar-refractivity contribution >= 4 is 11.4 Å². The van der Waals surface area contributed by atoms with Crippen molar-refractivity contribution in [3.05, 3.63) is 48.5 Å². The predicted octanol–water partition coefficient (Wildman–Crippen LogP) is 2.05. The van der Waals surface area contributed by atoms with Crippen molar-refractivity contribution in [2.45, 2.75) is 18.2 Å². The first-order valence-electron chi connectivity index (χ1n) is 7.35. The second kappa shape index (κ2) is 5.28. The number of benzene rings is 2. The first-order valence-corrected chi connectivity index (χ1v) is 7.35. The lowest BCUT2D eigenvalue weighted by Crippen LogP contribution is -2.55. The van der Waals surface area contributed by atoms with E-state index in [9.17, 15) is 10.2 Å². The van der Waals surface area contributed by atoms with E-state index in [1.807, 2.05) is 53.4 Å². The quantitative estimate of drug-likeness (QED) is 0.844. The van der Waals surface area contributed by atoms with E-state index >= 15 is 0 Å². The van der Waals surface area contributed by atoms with Gasteiger partial charge in [0.2, 0.25) is 0 Å². The molecule has 2 aliphatic rings. The average molecular weight is 299 g/mol. The Morgan fingerprint density at radius 2 is 1.45 bits per heavy atom. The van der Waals surface area contributed by atoms with Gasteiger partial charge in [-0.05, 0) is 24.3 Å². The highest BCUT2D eigenvalue weighted by Crippen LogP contribution is 2.48. The van der Waals surface area contributed by atoms with Gasteiger partial charge in [-0.25, -0.2) is 0 Å². The molecule has 22 heavy (non-hydrogen) atoms. The Morgan fingerprint density at radius 3 is 2.09 bits per heavy atom. The first-order chi connectivity index (χ1) is 10.8. The third kappa shape index (κ3) is 2.06. The smallest absolute Gasteiger partial charge is 0.151 e. The number of hydrogen-bond acceptors (Lipinski definition) is 5. The minimum Gasteiger partial charge on any atom is -0.453 e. The highest BCUT2D eigenvalue weighted by Gasteiger charge is 2.39. The second-order valence-electron chi connectivity index (χ2n) is 5.57. The van der Waals surface area contributed by atoms with Gasteiger partial charge in [-0.1, -0.05) is 24.3 Å². The fourth-order valence-electron chi connectivity index (χ4n) is 3.08. The molecule has 2 aromatic rings. The van der Waals surface area contributed by atoms with Gasteiger partial charge in [0, 0.05) is 0 Å². The molecule has 0 radical (unpaired) electrons. The monoisotopic (exact) mass is 299 g/mol. The Kier molecular flexibility index (Phi) is 3.26. The molecule has 0 bridgehead atoms. The molecule has 2 N–H and O–H groups in total. The second-order valence-corrected chi connectivity index (χ2v) is 5.57. The maximum Gasteiger partial charge on any atom is 0.151 e. The molecule has 5 nitrogen and oxygen atoms in total. The van der Waals surface area contributed by atoms with Gasteiger partial charge in [0.15, 0.2) is 11.5 Å². The van der Waals surface area contributed by atoms with Crippen molar-refractivity contribution in [1.82, 2.24) is 0 Å². The van der Waals surface area contributed by atoms with E-state index in [4.69, 9.17) is 9.47 Å². The maximum absolute atomic E-state index is 10.4. The Balaban J connectivity index is 1.84. The highest BCUT2D eigenvalue weighted by molar-refractivity contribution is 5.78. The molecule has 0 unspecified atom stereocenters. The van der Waals surface area contributed by atoms with E-state index in [0.717, 1.165) is 22.9 Å². The zero-order valence-corrected chi connectivity index (χ0v) is 11.9. The zero-order chi connectivity index (χ0) is 15.1. The number of aliphatic hydroxyl groups excluding tert-OH is 2. The minimum atomic E-state index is -0.888. The van der Waals surface area contributed by atoms with Crippen LogP contribution in [0.2, 0.25) is 0 Å². The average Bonchev–Trinajstić information content (AvgIpc) is 2.55. The number of fused-ring (bicyclic) bond motifs is 2. The summed E-state index contributed by atoms with van der Waals surface area (Å²) in [7, 11) is 0. The highest BCUT2D eigenvalue weighted by atomic mass is 16.5. The fraction of sp³-hybridized carbons (Fsp3) is 0.294. The van der Waals surface area contributed by atoms with Crippen LogP contribution in [0.3, 0.4) is 0 Å². The third-order valence-electron chi connectivity index (χ3n) is 4.17. The molecule has 114 valence electrons. The van der Waals surface area contributed by atoms with Crippen molar-refractivity contribution in [2.75, 3.05) is 18.1 Å². The number of anilines is 2. The fourth-order valence-corrected chi connectivity index (χ4v) is 3.08. The first kappa shape index (κ1) is 13.6. The number of hydrogen-bond donors (Lipinski definition) is 2. The summed E-state index contributed by atoms with van der Waals surface area (Å²) < 4.78 is 11.4. The van der Waals surface area contributed by atoms with Crippen LogP contribution in [0.4, 0.5) is 11.4 Å². The molecule has 2 aliphatic heterocycles. The predicted molar refractivity (Wildman–Crippen MR) is 81.7 cm³/mol. The van der Waals surface area contributed by atoms with Crippen LogP contribution in [0, 0.1) is 0 Å². The van der Waals surface area contributed by atoms with Crippen LogP contribution >= 0.6 is 0 Å². The van der Waals surface area contributed by atoms with Gasteiger partial charge in [-0.2, -0.15) is 0 Å². The summed E-state index contributed by atoms with van der Waals surface area (Å²) in [4.78, 5) is 2.00. The molecule has 0 saturated carbocycles. The van der Waals surface area contributed by atoms with Crippen molar-refractivity contribution in [3.8, 4) is 11.5 Å². The van der Waals surface area contributed by atoms with E-state index in [0.29, 0.717) is 6.61 Å². The third-order valence-corrected chi connectivity index (χ3v) is 4.17. The summed E-state index contributed by atoms with van der Waals surface area (Å²) in [5, 5.41) is 20.4. The molecule has 2 aromatic carbocycles. The van der Waals surface area contributed by atoms with Crippen LogP contribution in [0.15, 0.2) is 48.5 Å². The summed E-state index contributed by atoms with van der Waals surface area (Å²) in [6.07, 6.45) is -1.77. The van der Waals surface area contributed by atoms with Crippen molar-refractivity contribution in [3.63, 3.8) is 0 Å². The molecule has 5 heteroatoms. The summed E-state index contributed by atoms with van der Waals surface area (Å²) in [5.74, 6) is 1.46. The molecular formula is C17H17NO4. The van der Waals surface area contributed by atoms with Gasteiger partial charge in [0.25, 0.3) is 0 Å². The number of ether oxygens (including phenoxy) is 2. The molecule has 0 amide bonds. The minimum absolute atomic E-state index is 0.158. The molecule has 1 fully saturated rings. The van der Waals surface area contributed by atoms with E-state index in [2.05, 4.69) is 0 Å². The lowest BCUT2D eigenvalue weighted by molar-refractivity contribution is -0.0964. The number of aliphatic hydroxyl groups is 2. The Bertz CT molecular complexity index is 644. The number of rotatable bonds is 1. The molecular weight excluding hydrogens is 282 g/mol. The van der Waals surface area contributed by atoms with Crippen LogP contribution in [0.25, 0.3) is 0 Å². The Hall–Kier alpha value is -2.08. The molecule has 3 atom stereocenters. The lowest BCUT2D eigenvalue weighted by Gasteiger charge is -2.43. The molecule has 4 rings (SSSR count).